The fourth-order valence-corrected chi connectivity index (χ4v) is 3.80. The van der Waals surface area contributed by atoms with E-state index in [2.05, 4.69) is 23.3 Å². The second kappa shape index (κ2) is 9.87. The van der Waals surface area contributed by atoms with E-state index < -0.39 is 6.09 Å². The molecular weight excluding hydrogens is 417 g/mol. The minimum atomic E-state index is -0.455. The molecule has 0 fully saturated rings. The Hall–Kier alpha value is -2.15. The Kier molecular flexibility index (Phi) is 7.25. The number of rotatable bonds is 7. The van der Waals surface area contributed by atoms with E-state index in [1.807, 2.05) is 42.5 Å². The number of ether oxygens (including phenoxy) is 1. The van der Waals surface area contributed by atoms with Gasteiger partial charge in [-0.3, -0.25) is 5.32 Å². The lowest BCUT2D eigenvalue weighted by atomic mass is 10.1. The number of hydrogen-bond acceptors (Lipinski definition) is 4. The Balaban J connectivity index is 1.51. The number of anilines is 1. The molecule has 2 aromatic carbocycles. The molecule has 1 aromatic heterocycles. The molecule has 0 atom stereocenters. The largest absolute Gasteiger partial charge is 0.448 e. The van der Waals surface area contributed by atoms with E-state index in [-0.39, 0.29) is 0 Å². The molecular formula is C20H19Cl2N3O2S. The van der Waals surface area contributed by atoms with Crippen LogP contribution in [0, 0.1) is 6.92 Å². The summed E-state index contributed by atoms with van der Waals surface area (Å²) in [6.07, 6.45) is 1.17. The summed E-state index contributed by atoms with van der Waals surface area (Å²) in [5.41, 5.74) is 2.99. The van der Waals surface area contributed by atoms with Crippen molar-refractivity contribution in [1.29, 1.82) is 0 Å². The monoisotopic (exact) mass is 435 g/mol. The molecule has 8 heteroatoms. The highest BCUT2D eigenvalue weighted by molar-refractivity contribution is 7.99. The minimum Gasteiger partial charge on any atom is -0.448 e. The first kappa shape index (κ1) is 20.6. The van der Waals surface area contributed by atoms with Gasteiger partial charge in [-0.2, -0.15) is 0 Å². The fourth-order valence-electron chi connectivity index (χ4n) is 2.59. The minimum absolute atomic E-state index is 0.302. The highest BCUT2D eigenvalue weighted by Crippen LogP contribution is 2.27. The van der Waals surface area contributed by atoms with Crippen molar-refractivity contribution in [2.24, 2.45) is 0 Å². The average Bonchev–Trinajstić information content (AvgIpc) is 3.00. The lowest BCUT2D eigenvalue weighted by Gasteiger charge is -2.12. The number of carbonyl (C=O) groups is 1. The van der Waals surface area contributed by atoms with Gasteiger partial charge in [-0.15, -0.1) is 11.8 Å². The molecule has 0 radical (unpaired) electrons. The predicted molar refractivity (Wildman–Crippen MR) is 115 cm³/mol. The first-order valence-corrected chi connectivity index (χ1v) is 10.3. The number of benzene rings is 2. The molecule has 0 aliphatic heterocycles. The molecule has 28 heavy (non-hydrogen) atoms. The van der Waals surface area contributed by atoms with Gasteiger partial charge in [0.25, 0.3) is 0 Å². The van der Waals surface area contributed by atoms with Crippen LogP contribution in [0.25, 0.3) is 0 Å². The molecule has 0 bridgehead atoms. The lowest BCUT2D eigenvalue weighted by Crippen LogP contribution is -2.15. The number of amides is 1. The Labute approximate surface area is 178 Å². The number of hydrogen-bond donors (Lipinski definition) is 1. The molecule has 1 amide bonds. The van der Waals surface area contributed by atoms with Crippen molar-refractivity contribution in [2.45, 2.75) is 18.4 Å². The van der Waals surface area contributed by atoms with Gasteiger partial charge in [0.2, 0.25) is 0 Å². The van der Waals surface area contributed by atoms with E-state index in [1.165, 1.54) is 0 Å². The summed E-state index contributed by atoms with van der Waals surface area (Å²) >= 11 is 13.7. The van der Waals surface area contributed by atoms with Gasteiger partial charge in [-0.1, -0.05) is 53.5 Å². The standard InChI is InChI=1S/C20H19Cl2N3O2S/c1-14-15(12-25-13-23-18(21)19(25)22)6-5-9-17(14)28-11-10-27-20(26)24-16-7-3-2-4-8-16/h2-9,13H,10-12H2,1H3,(H,24,26). The number of nitrogens with one attached hydrogen (secondary N) is 1. The number of para-hydroxylation sites is 1. The fraction of sp³-hybridized carbons (Fsp3) is 0.200. The van der Waals surface area contributed by atoms with Crippen LogP contribution in [-0.4, -0.2) is 28.0 Å². The van der Waals surface area contributed by atoms with Crippen LogP contribution in [-0.2, 0) is 11.3 Å². The van der Waals surface area contributed by atoms with Crippen LogP contribution in [0.5, 0.6) is 0 Å². The molecule has 3 aromatic rings. The van der Waals surface area contributed by atoms with Crippen LogP contribution in [0.15, 0.2) is 59.8 Å². The van der Waals surface area contributed by atoms with Crippen molar-refractivity contribution in [1.82, 2.24) is 9.55 Å². The van der Waals surface area contributed by atoms with Gasteiger partial charge in [0.05, 0.1) is 12.9 Å². The van der Waals surface area contributed by atoms with Crippen LogP contribution in [0.1, 0.15) is 11.1 Å². The zero-order chi connectivity index (χ0) is 19.9. The molecule has 0 unspecified atom stereocenters. The maximum Gasteiger partial charge on any atom is 0.411 e. The summed E-state index contributed by atoms with van der Waals surface area (Å²) < 4.78 is 7.04. The molecule has 3 rings (SSSR count). The molecule has 0 aliphatic carbocycles. The van der Waals surface area contributed by atoms with Crippen molar-refractivity contribution in [3.8, 4) is 0 Å². The molecule has 146 valence electrons. The van der Waals surface area contributed by atoms with Crippen LogP contribution >= 0.6 is 35.0 Å². The van der Waals surface area contributed by atoms with E-state index in [4.69, 9.17) is 27.9 Å². The SMILES string of the molecule is Cc1c(Cn2cnc(Cl)c2Cl)cccc1SCCOC(=O)Nc1ccccc1. The summed E-state index contributed by atoms with van der Waals surface area (Å²) in [5, 5.41) is 3.42. The topological polar surface area (TPSA) is 56.2 Å². The summed E-state index contributed by atoms with van der Waals surface area (Å²) in [7, 11) is 0. The zero-order valence-electron chi connectivity index (χ0n) is 15.2. The maximum atomic E-state index is 11.8. The quantitative estimate of drug-likeness (QED) is 0.371. The van der Waals surface area contributed by atoms with Gasteiger partial charge in [-0.05, 0) is 36.2 Å². The second-order valence-corrected chi connectivity index (χ2v) is 7.82. The van der Waals surface area contributed by atoms with Crippen molar-refractivity contribution in [3.05, 3.63) is 76.3 Å². The average molecular weight is 436 g/mol. The number of imidazole rings is 1. The Morgan fingerprint density at radius 2 is 1.96 bits per heavy atom. The highest BCUT2D eigenvalue weighted by atomic mass is 35.5. The molecule has 0 saturated carbocycles. The second-order valence-electron chi connectivity index (χ2n) is 5.97. The van der Waals surface area contributed by atoms with Gasteiger partial charge in [0, 0.05) is 16.3 Å². The third kappa shape index (κ3) is 5.44. The molecule has 0 aliphatic rings. The van der Waals surface area contributed by atoms with Gasteiger partial charge < -0.3 is 9.30 Å². The number of halogens is 2. The number of thioether (sulfide) groups is 1. The third-order valence-electron chi connectivity index (χ3n) is 4.06. The summed E-state index contributed by atoms with van der Waals surface area (Å²) in [6.45, 7) is 2.97. The molecule has 1 heterocycles. The van der Waals surface area contributed by atoms with Crippen molar-refractivity contribution in [2.75, 3.05) is 17.7 Å². The Bertz CT molecular complexity index is 948. The van der Waals surface area contributed by atoms with E-state index in [0.29, 0.717) is 34.9 Å². The first-order valence-electron chi connectivity index (χ1n) is 8.61. The van der Waals surface area contributed by atoms with Gasteiger partial charge in [-0.25, -0.2) is 9.78 Å². The molecule has 1 N–H and O–H groups in total. The van der Waals surface area contributed by atoms with Crippen LogP contribution in [0.2, 0.25) is 10.3 Å². The Morgan fingerprint density at radius 3 is 2.68 bits per heavy atom. The van der Waals surface area contributed by atoms with E-state index in [1.54, 1.807) is 22.7 Å². The van der Waals surface area contributed by atoms with Crippen LogP contribution in [0.3, 0.4) is 0 Å². The Morgan fingerprint density at radius 1 is 1.18 bits per heavy atom. The maximum absolute atomic E-state index is 11.8. The van der Waals surface area contributed by atoms with Gasteiger partial charge in [0.15, 0.2) is 5.15 Å². The lowest BCUT2D eigenvalue weighted by molar-refractivity contribution is 0.169. The predicted octanol–water partition coefficient (Wildman–Crippen LogP) is 5.89. The van der Waals surface area contributed by atoms with Crippen molar-refractivity contribution >= 4 is 46.7 Å². The summed E-state index contributed by atoms with van der Waals surface area (Å²) in [6, 6.07) is 15.3. The van der Waals surface area contributed by atoms with E-state index in [9.17, 15) is 4.79 Å². The number of nitrogens with zero attached hydrogens (tertiary/aromatic N) is 2. The number of aromatic nitrogens is 2. The molecule has 5 nitrogen and oxygen atoms in total. The van der Waals surface area contributed by atoms with Gasteiger partial charge in [0.1, 0.15) is 11.8 Å². The number of carbonyl (C=O) groups excluding carboxylic acids is 1. The van der Waals surface area contributed by atoms with Crippen LogP contribution in [0.4, 0.5) is 10.5 Å². The van der Waals surface area contributed by atoms with E-state index >= 15 is 0 Å². The summed E-state index contributed by atoms with van der Waals surface area (Å²) in [5.74, 6) is 0.657. The zero-order valence-corrected chi connectivity index (χ0v) is 17.5. The normalized spacial score (nSPS) is 10.7. The molecule has 0 spiro atoms. The van der Waals surface area contributed by atoms with Crippen molar-refractivity contribution in [3.63, 3.8) is 0 Å². The van der Waals surface area contributed by atoms with Crippen molar-refractivity contribution < 1.29 is 9.53 Å². The van der Waals surface area contributed by atoms with Gasteiger partial charge >= 0.3 is 6.09 Å². The third-order valence-corrected chi connectivity index (χ3v) is 5.96. The van der Waals surface area contributed by atoms with Crippen LogP contribution < -0.4 is 5.32 Å². The summed E-state index contributed by atoms with van der Waals surface area (Å²) in [4.78, 5) is 16.9. The first-order chi connectivity index (χ1) is 13.5. The highest BCUT2D eigenvalue weighted by Gasteiger charge is 2.10. The molecule has 0 saturated heterocycles. The van der Waals surface area contributed by atoms with E-state index in [0.717, 1.165) is 16.0 Å². The smallest absolute Gasteiger partial charge is 0.411 e.